The first kappa shape index (κ1) is 69.0. The van der Waals surface area contributed by atoms with Crippen LogP contribution >= 0.6 is 0 Å². The summed E-state index contributed by atoms with van der Waals surface area (Å²) in [5.41, 5.74) is 0. The molecule has 6 nitrogen and oxygen atoms in total. The van der Waals surface area contributed by atoms with E-state index in [9.17, 15) is 14.4 Å². The van der Waals surface area contributed by atoms with Gasteiger partial charge in [0.25, 0.3) is 0 Å². The van der Waals surface area contributed by atoms with E-state index in [4.69, 9.17) is 14.2 Å². The molecule has 0 aliphatic carbocycles. The molecule has 0 heterocycles. The second kappa shape index (κ2) is 60.6. The van der Waals surface area contributed by atoms with Crippen molar-refractivity contribution >= 4 is 17.9 Å². The molecular weight excluding hydrogens is 913 g/mol. The fourth-order valence-corrected chi connectivity index (χ4v) is 7.41. The van der Waals surface area contributed by atoms with Crippen molar-refractivity contribution in [1.29, 1.82) is 0 Å². The van der Waals surface area contributed by atoms with Gasteiger partial charge in [-0.15, -0.1) is 0 Å². The minimum absolute atomic E-state index is 0.119. The van der Waals surface area contributed by atoms with Crippen LogP contribution in [-0.2, 0) is 28.6 Å². The lowest BCUT2D eigenvalue weighted by molar-refractivity contribution is -0.166. The zero-order chi connectivity index (χ0) is 53.6. The van der Waals surface area contributed by atoms with Crippen LogP contribution in [0.2, 0.25) is 0 Å². The van der Waals surface area contributed by atoms with Crippen LogP contribution in [0, 0.1) is 0 Å². The third-order valence-corrected chi connectivity index (χ3v) is 11.7. The summed E-state index contributed by atoms with van der Waals surface area (Å²) in [6.45, 7) is 6.25. The van der Waals surface area contributed by atoms with Crippen LogP contribution in [0.3, 0.4) is 0 Å². The molecule has 0 aromatic rings. The fourth-order valence-electron chi connectivity index (χ4n) is 7.41. The number of esters is 3. The van der Waals surface area contributed by atoms with Crippen molar-refractivity contribution in [2.24, 2.45) is 0 Å². The normalized spacial score (nSPS) is 13.3. The minimum Gasteiger partial charge on any atom is -0.462 e. The Morgan fingerprint density at radius 3 is 0.892 bits per heavy atom. The van der Waals surface area contributed by atoms with Crippen LogP contribution in [0.1, 0.15) is 233 Å². The number of allylic oxidation sites excluding steroid dienone is 26. The smallest absolute Gasteiger partial charge is 0.306 e. The molecule has 0 saturated heterocycles. The van der Waals surface area contributed by atoms with E-state index in [-0.39, 0.29) is 31.6 Å². The summed E-state index contributed by atoms with van der Waals surface area (Å²) in [4.78, 5) is 38.0. The Bertz CT molecular complexity index is 1690. The van der Waals surface area contributed by atoms with Gasteiger partial charge in [0.05, 0.1) is 0 Å². The van der Waals surface area contributed by atoms with E-state index in [1.165, 1.54) is 44.9 Å². The van der Waals surface area contributed by atoms with Gasteiger partial charge in [0.2, 0.25) is 0 Å². The number of hydrogen-bond acceptors (Lipinski definition) is 6. The molecule has 0 fully saturated rings. The summed E-state index contributed by atoms with van der Waals surface area (Å²) in [6, 6.07) is 0. The third-order valence-electron chi connectivity index (χ3n) is 11.7. The summed E-state index contributed by atoms with van der Waals surface area (Å²) in [7, 11) is 0. The highest BCUT2D eigenvalue weighted by Gasteiger charge is 2.19. The van der Waals surface area contributed by atoms with Crippen LogP contribution in [0.5, 0.6) is 0 Å². The van der Waals surface area contributed by atoms with E-state index >= 15 is 0 Å². The van der Waals surface area contributed by atoms with E-state index in [1.54, 1.807) is 0 Å². The molecule has 0 bridgehead atoms. The largest absolute Gasteiger partial charge is 0.462 e. The molecule has 1 atom stereocenters. The predicted octanol–water partition coefficient (Wildman–Crippen LogP) is 20.1. The van der Waals surface area contributed by atoms with Crippen LogP contribution in [0.4, 0.5) is 0 Å². The van der Waals surface area contributed by atoms with E-state index in [0.29, 0.717) is 19.3 Å². The van der Waals surface area contributed by atoms with Gasteiger partial charge in [-0.2, -0.15) is 0 Å². The van der Waals surface area contributed by atoms with Gasteiger partial charge in [-0.25, -0.2) is 0 Å². The average Bonchev–Trinajstić information content (AvgIpc) is 3.40. The van der Waals surface area contributed by atoms with Crippen molar-refractivity contribution in [2.45, 2.75) is 239 Å². The molecule has 0 aliphatic heterocycles. The van der Waals surface area contributed by atoms with Crippen LogP contribution < -0.4 is 0 Å². The van der Waals surface area contributed by atoms with Crippen LogP contribution in [0.25, 0.3) is 0 Å². The number of hydrogen-bond donors (Lipinski definition) is 0. The van der Waals surface area contributed by atoms with Crippen molar-refractivity contribution in [3.63, 3.8) is 0 Å². The maximum atomic E-state index is 12.8. The molecule has 414 valence electrons. The summed E-state index contributed by atoms with van der Waals surface area (Å²) >= 11 is 0. The lowest BCUT2D eigenvalue weighted by atomic mass is 10.1. The summed E-state index contributed by atoms with van der Waals surface area (Å²) in [6.07, 6.45) is 88.4. The number of carbonyl (C=O) groups is 3. The highest BCUT2D eigenvalue weighted by molar-refractivity contribution is 5.71. The molecule has 0 aliphatic rings. The molecule has 0 radical (unpaired) electrons. The molecule has 6 heteroatoms. The van der Waals surface area contributed by atoms with Gasteiger partial charge in [-0.1, -0.05) is 243 Å². The van der Waals surface area contributed by atoms with E-state index in [1.807, 2.05) is 12.2 Å². The topological polar surface area (TPSA) is 78.9 Å². The van der Waals surface area contributed by atoms with Crippen molar-refractivity contribution in [1.82, 2.24) is 0 Å². The Labute approximate surface area is 454 Å². The van der Waals surface area contributed by atoms with Gasteiger partial charge in [-0.05, 0) is 128 Å². The SMILES string of the molecule is CC/C=C\C/C=C\C/C=C\C/C=C\C/C=C\C/C=C\C/C=C\C/C=C\CCCCCCCCCCC(=O)OCC(COC(=O)CCCCCCC/C=C\CCC)OC(=O)CC/C=C\C/C=C\C/C=C\C/C=C\CC. The van der Waals surface area contributed by atoms with Gasteiger partial charge in [-0.3, -0.25) is 14.4 Å². The highest BCUT2D eigenvalue weighted by atomic mass is 16.6. The van der Waals surface area contributed by atoms with E-state index in [0.717, 1.165) is 141 Å². The zero-order valence-corrected chi connectivity index (χ0v) is 47.3. The molecule has 0 aromatic carbocycles. The standard InChI is InChI=1S/C68H106O6/c1-4-7-10-13-16-19-22-24-25-26-27-28-29-30-31-32-33-34-35-36-37-38-39-40-41-42-43-45-46-49-52-55-58-61-67(70)73-64-65(63-72-66(69)60-57-54-51-48-21-18-15-12-9-6-3)74-68(71)62-59-56-53-50-47-44-23-20-17-14-11-8-5-2/h7-8,10-12,15-17,19-20,24-25,27-28,30-31,33-34,36-37,39-40,44,47,53,56,65H,4-6,9,13-14,18,21-23,26,29,32,35,38,41-43,45-46,48-52,54-55,57-64H2,1-3H3/b10-7-,11-8-,15-12-,19-16-,20-17-,25-24-,28-27-,31-30-,34-33-,37-36-,40-39-,47-44-,56-53-. The predicted molar refractivity (Wildman–Crippen MR) is 320 cm³/mol. The molecule has 0 spiro atoms. The molecule has 0 rings (SSSR count). The molecule has 1 unspecified atom stereocenters. The monoisotopic (exact) mass is 1020 g/mol. The Morgan fingerprint density at radius 1 is 0.284 bits per heavy atom. The van der Waals surface area contributed by atoms with Crippen molar-refractivity contribution < 1.29 is 28.6 Å². The Morgan fingerprint density at radius 2 is 0.554 bits per heavy atom. The zero-order valence-electron chi connectivity index (χ0n) is 47.3. The molecule has 74 heavy (non-hydrogen) atoms. The quantitative estimate of drug-likeness (QED) is 0.0261. The maximum Gasteiger partial charge on any atom is 0.306 e. The van der Waals surface area contributed by atoms with Gasteiger partial charge in [0.1, 0.15) is 13.2 Å². The second-order valence-electron chi connectivity index (χ2n) is 18.8. The highest BCUT2D eigenvalue weighted by Crippen LogP contribution is 2.13. The molecule has 0 amide bonds. The fraction of sp³-hybridized carbons (Fsp3) is 0.574. The Kier molecular flexibility index (Phi) is 56.5. The van der Waals surface area contributed by atoms with Gasteiger partial charge >= 0.3 is 17.9 Å². The number of carbonyl (C=O) groups excluding carboxylic acids is 3. The van der Waals surface area contributed by atoms with E-state index < -0.39 is 12.1 Å². The Hall–Kier alpha value is -4.97. The number of ether oxygens (including phenoxy) is 3. The van der Waals surface area contributed by atoms with Crippen molar-refractivity contribution in [2.75, 3.05) is 13.2 Å². The minimum atomic E-state index is -0.828. The van der Waals surface area contributed by atoms with E-state index in [2.05, 4.69) is 167 Å². The van der Waals surface area contributed by atoms with Crippen LogP contribution in [0.15, 0.2) is 158 Å². The second-order valence-corrected chi connectivity index (χ2v) is 18.8. The summed E-state index contributed by atoms with van der Waals surface area (Å²) in [5.74, 6) is -1.03. The first-order valence-corrected chi connectivity index (χ1v) is 29.5. The van der Waals surface area contributed by atoms with Crippen molar-refractivity contribution in [3.05, 3.63) is 158 Å². The molecule has 0 saturated carbocycles. The average molecular weight is 1020 g/mol. The first-order chi connectivity index (χ1) is 36.5. The molecule has 0 aromatic heterocycles. The third kappa shape index (κ3) is 57.9. The number of unbranched alkanes of at least 4 members (excludes halogenated alkanes) is 14. The molecular formula is C68H106O6. The van der Waals surface area contributed by atoms with Gasteiger partial charge in [0.15, 0.2) is 6.10 Å². The van der Waals surface area contributed by atoms with Gasteiger partial charge < -0.3 is 14.2 Å². The lowest BCUT2D eigenvalue weighted by Crippen LogP contribution is -2.30. The molecule has 0 N–H and O–H groups in total. The van der Waals surface area contributed by atoms with Crippen LogP contribution in [-0.4, -0.2) is 37.2 Å². The first-order valence-electron chi connectivity index (χ1n) is 29.5. The van der Waals surface area contributed by atoms with Gasteiger partial charge in [0, 0.05) is 19.3 Å². The summed E-state index contributed by atoms with van der Waals surface area (Å²) < 4.78 is 16.7. The Balaban J connectivity index is 4.26. The van der Waals surface area contributed by atoms with Crippen molar-refractivity contribution in [3.8, 4) is 0 Å². The number of rotatable bonds is 51. The maximum absolute atomic E-state index is 12.8. The summed E-state index contributed by atoms with van der Waals surface area (Å²) in [5, 5.41) is 0. The lowest BCUT2D eigenvalue weighted by Gasteiger charge is -2.18.